The molecule has 31 heavy (non-hydrogen) atoms. The van der Waals surface area contributed by atoms with Gasteiger partial charge in [0, 0.05) is 22.7 Å². The number of carbonyl (C=O) groups is 2. The first-order valence-corrected chi connectivity index (χ1v) is 10.5. The summed E-state index contributed by atoms with van der Waals surface area (Å²) in [6.07, 6.45) is 1.52. The molecule has 1 aromatic heterocycles. The van der Waals surface area contributed by atoms with Crippen LogP contribution in [0.2, 0.25) is 0 Å². The molecule has 1 N–H and O–H groups in total. The van der Waals surface area contributed by atoms with Gasteiger partial charge in [0.25, 0.3) is 0 Å². The van der Waals surface area contributed by atoms with Crippen LogP contribution in [-0.4, -0.2) is 39.8 Å². The van der Waals surface area contributed by atoms with Crippen molar-refractivity contribution in [3.8, 4) is 11.4 Å². The van der Waals surface area contributed by atoms with E-state index in [1.807, 2.05) is 31.2 Å². The lowest BCUT2D eigenvalue weighted by Gasteiger charge is -2.30. The SMILES string of the molecule is CC(=O)c1cccc(NC(=O)C2CCN(Cc3nc(-c4cccc(C)c4)no3)CC2)c1. The highest BCUT2D eigenvalue weighted by atomic mass is 16.5. The Hall–Kier alpha value is -3.32. The summed E-state index contributed by atoms with van der Waals surface area (Å²) < 4.78 is 5.44. The predicted octanol–water partition coefficient (Wildman–Crippen LogP) is 4.10. The quantitative estimate of drug-likeness (QED) is 0.607. The number of rotatable bonds is 6. The van der Waals surface area contributed by atoms with Gasteiger partial charge in [0.05, 0.1) is 6.54 Å². The van der Waals surface area contributed by atoms with Crippen molar-refractivity contribution in [2.24, 2.45) is 5.92 Å². The Labute approximate surface area is 181 Å². The van der Waals surface area contributed by atoms with Gasteiger partial charge in [0.2, 0.25) is 17.6 Å². The Morgan fingerprint density at radius 3 is 2.65 bits per heavy atom. The second-order valence-electron chi connectivity index (χ2n) is 8.06. The van der Waals surface area contributed by atoms with Crippen molar-refractivity contribution in [2.45, 2.75) is 33.2 Å². The van der Waals surface area contributed by atoms with E-state index in [1.165, 1.54) is 6.92 Å². The zero-order chi connectivity index (χ0) is 21.8. The van der Waals surface area contributed by atoms with Crippen LogP contribution >= 0.6 is 0 Å². The summed E-state index contributed by atoms with van der Waals surface area (Å²) in [7, 11) is 0. The number of hydrogen-bond donors (Lipinski definition) is 1. The smallest absolute Gasteiger partial charge is 0.241 e. The first-order chi connectivity index (χ1) is 15.0. The number of benzene rings is 2. The van der Waals surface area contributed by atoms with Crippen LogP contribution in [0.15, 0.2) is 53.1 Å². The Morgan fingerprint density at radius 1 is 1.13 bits per heavy atom. The number of amides is 1. The molecule has 0 atom stereocenters. The molecule has 1 fully saturated rings. The lowest BCUT2D eigenvalue weighted by Crippen LogP contribution is -2.37. The fourth-order valence-electron chi connectivity index (χ4n) is 3.83. The summed E-state index contributed by atoms with van der Waals surface area (Å²) in [6.45, 7) is 5.70. The van der Waals surface area contributed by atoms with Gasteiger partial charge in [-0.15, -0.1) is 0 Å². The third-order valence-corrected chi connectivity index (χ3v) is 5.60. The van der Waals surface area contributed by atoms with Crippen LogP contribution in [0.5, 0.6) is 0 Å². The Balaban J connectivity index is 1.29. The molecule has 160 valence electrons. The highest BCUT2D eigenvalue weighted by Crippen LogP contribution is 2.22. The third-order valence-electron chi connectivity index (χ3n) is 5.60. The van der Waals surface area contributed by atoms with Crippen LogP contribution in [-0.2, 0) is 11.3 Å². The van der Waals surface area contributed by atoms with E-state index in [9.17, 15) is 9.59 Å². The molecular formula is C24H26N4O3. The van der Waals surface area contributed by atoms with Crippen molar-refractivity contribution < 1.29 is 14.1 Å². The van der Waals surface area contributed by atoms with Gasteiger partial charge >= 0.3 is 0 Å². The summed E-state index contributed by atoms with van der Waals surface area (Å²) in [5.41, 5.74) is 3.35. The van der Waals surface area contributed by atoms with E-state index >= 15 is 0 Å². The zero-order valence-electron chi connectivity index (χ0n) is 17.8. The zero-order valence-corrected chi connectivity index (χ0v) is 17.8. The molecule has 0 saturated carbocycles. The van der Waals surface area contributed by atoms with E-state index in [2.05, 4.69) is 20.4 Å². The topological polar surface area (TPSA) is 88.3 Å². The van der Waals surface area contributed by atoms with Crippen molar-refractivity contribution in [1.29, 1.82) is 0 Å². The number of aromatic nitrogens is 2. The molecule has 7 nitrogen and oxygen atoms in total. The molecule has 0 radical (unpaired) electrons. The number of ketones is 1. The minimum Gasteiger partial charge on any atom is -0.338 e. The molecule has 1 aliphatic heterocycles. The largest absolute Gasteiger partial charge is 0.338 e. The number of anilines is 1. The fourth-order valence-corrected chi connectivity index (χ4v) is 3.83. The maximum absolute atomic E-state index is 12.6. The molecule has 1 aliphatic rings. The van der Waals surface area contributed by atoms with Crippen molar-refractivity contribution in [1.82, 2.24) is 15.0 Å². The summed E-state index contributed by atoms with van der Waals surface area (Å²) in [4.78, 5) is 30.9. The first-order valence-electron chi connectivity index (χ1n) is 10.5. The average molecular weight is 418 g/mol. The summed E-state index contributed by atoms with van der Waals surface area (Å²) in [5.74, 6) is 1.11. The van der Waals surface area contributed by atoms with E-state index in [0.717, 1.165) is 37.1 Å². The van der Waals surface area contributed by atoms with Gasteiger partial charge in [-0.1, -0.05) is 41.1 Å². The summed E-state index contributed by atoms with van der Waals surface area (Å²) in [5, 5.41) is 7.05. The molecule has 4 rings (SSSR count). The fraction of sp³-hybridized carbons (Fsp3) is 0.333. The molecule has 0 aliphatic carbocycles. The van der Waals surface area contributed by atoms with Gasteiger partial charge in [-0.25, -0.2) is 0 Å². The van der Waals surface area contributed by atoms with E-state index in [4.69, 9.17) is 4.52 Å². The van der Waals surface area contributed by atoms with Crippen molar-refractivity contribution in [3.63, 3.8) is 0 Å². The number of aryl methyl sites for hydroxylation is 1. The Kier molecular flexibility index (Phi) is 6.23. The van der Waals surface area contributed by atoms with Gasteiger partial charge in [0.15, 0.2) is 5.78 Å². The molecule has 0 spiro atoms. The van der Waals surface area contributed by atoms with Crippen LogP contribution in [0.4, 0.5) is 5.69 Å². The maximum atomic E-state index is 12.6. The standard InChI is InChI=1S/C24H26N4O3/c1-16-5-3-7-20(13-16)23-26-22(31-27-23)15-28-11-9-18(10-12-28)24(30)25-21-8-4-6-19(14-21)17(2)29/h3-8,13-14,18H,9-12,15H2,1-2H3,(H,25,30). The van der Waals surface area contributed by atoms with Gasteiger partial charge in [0.1, 0.15) is 0 Å². The van der Waals surface area contributed by atoms with Crippen LogP contribution in [0.3, 0.4) is 0 Å². The molecule has 0 unspecified atom stereocenters. The molecule has 7 heteroatoms. The average Bonchev–Trinajstić information content (AvgIpc) is 3.23. The van der Waals surface area contributed by atoms with E-state index < -0.39 is 0 Å². The van der Waals surface area contributed by atoms with Crippen molar-refractivity contribution in [3.05, 3.63) is 65.5 Å². The molecule has 0 bridgehead atoms. The number of nitrogens with zero attached hydrogens (tertiary/aromatic N) is 3. The minimum absolute atomic E-state index is 0.000115. The molecule has 1 saturated heterocycles. The van der Waals surface area contributed by atoms with E-state index in [-0.39, 0.29) is 17.6 Å². The van der Waals surface area contributed by atoms with Crippen molar-refractivity contribution >= 4 is 17.4 Å². The predicted molar refractivity (Wildman–Crippen MR) is 118 cm³/mol. The molecule has 2 aromatic carbocycles. The molecule has 2 heterocycles. The van der Waals surface area contributed by atoms with Crippen LogP contribution < -0.4 is 5.32 Å². The molecule has 3 aromatic rings. The van der Waals surface area contributed by atoms with Crippen molar-refractivity contribution in [2.75, 3.05) is 18.4 Å². The van der Waals surface area contributed by atoms with E-state index in [0.29, 0.717) is 29.5 Å². The number of carbonyl (C=O) groups excluding carboxylic acids is 2. The third kappa shape index (κ3) is 5.24. The van der Waals surface area contributed by atoms with Crippen LogP contribution in [0, 0.1) is 12.8 Å². The monoisotopic (exact) mass is 418 g/mol. The lowest BCUT2D eigenvalue weighted by molar-refractivity contribution is -0.121. The van der Waals surface area contributed by atoms with Crippen LogP contribution in [0.25, 0.3) is 11.4 Å². The molecular weight excluding hydrogens is 392 g/mol. The lowest BCUT2D eigenvalue weighted by atomic mass is 9.95. The van der Waals surface area contributed by atoms with Gasteiger partial charge < -0.3 is 9.84 Å². The minimum atomic E-state index is -0.0530. The maximum Gasteiger partial charge on any atom is 0.241 e. The van der Waals surface area contributed by atoms with Gasteiger partial charge in [-0.05, 0) is 58.0 Å². The molecule has 1 amide bonds. The first kappa shape index (κ1) is 20.9. The number of piperidine rings is 1. The second kappa shape index (κ2) is 9.22. The number of nitrogens with one attached hydrogen (secondary N) is 1. The highest BCUT2D eigenvalue weighted by molar-refractivity contribution is 5.97. The Bertz CT molecular complexity index is 1080. The normalized spacial score (nSPS) is 15.0. The van der Waals surface area contributed by atoms with Crippen LogP contribution in [0.1, 0.15) is 41.6 Å². The van der Waals surface area contributed by atoms with Gasteiger partial charge in [-0.2, -0.15) is 4.98 Å². The second-order valence-corrected chi connectivity index (χ2v) is 8.06. The Morgan fingerprint density at radius 2 is 1.90 bits per heavy atom. The number of Topliss-reactive ketones (excluding diaryl/α,β-unsaturated/α-hetero) is 1. The number of likely N-dealkylation sites (tertiary alicyclic amines) is 1. The summed E-state index contributed by atoms with van der Waals surface area (Å²) in [6, 6.07) is 15.1. The van der Waals surface area contributed by atoms with E-state index in [1.54, 1.807) is 24.3 Å². The van der Waals surface area contributed by atoms with Gasteiger partial charge in [-0.3, -0.25) is 14.5 Å². The highest BCUT2D eigenvalue weighted by Gasteiger charge is 2.26. The number of hydrogen-bond acceptors (Lipinski definition) is 6. The summed E-state index contributed by atoms with van der Waals surface area (Å²) >= 11 is 0.